The standard InChI is InChI=1S/C14H14N2O3/c17-14(16-7-9-18-10-8-16)6-5-13-15-11-3-1-2-4-12(11)19-13/h1-6H,7-10H2/b6-5+. The number of rotatable bonds is 2. The fourth-order valence-corrected chi connectivity index (χ4v) is 1.99. The fourth-order valence-electron chi connectivity index (χ4n) is 1.99. The average molecular weight is 258 g/mol. The molecule has 2 heterocycles. The number of nitrogens with zero attached hydrogens (tertiary/aromatic N) is 2. The summed E-state index contributed by atoms with van der Waals surface area (Å²) >= 11 is 0. The first kappa shape index (κ1) is 11.9. The first-order chi connectivity index (χ1) is 9.33. The Morgan fingerprint density at radius 1 is 1.26 bits per heavy atom. The molecule has 1 saturated heterocycles. The van der Waals surface area contributed by atoms with Crippen LogP contribution >= 0.6 is 0 Å². The third-order valence-corrected chi connectivity index (χ3v) is 3.00. The van der Waals surface area contributed by atoms with Crippen LogP contribution in [0, 0.1) is 0 Å². The lowest BCUT2D eigenvalue weighted by Crippen LogP contribution is -2.39. The summed E-state index contributed by atoms with van der Waals surface area (Å²) in [4.78, 5) is 17.9. The Hall–Kier alpha value is -2.14. The largest absolute Gasteiger partial charge is 0.437 e. The predicted octanol–water partition coefficient (Wildman–Crippen LogP) is 1.70. The van der Waals surface area contributed by atoms with E-state index >= 15 is 0 Å². The molecular formula is C14H14N2O3. The molecule has 3 rings (SSSR count). The SMILES string of the molecule is O=C(/C=C/c1nc2ccccc2o1)N1CCOCC1. The maximum Gasteiger partial charge on any atom is 0.246 e. The molecular weight excluding hydrogens is 244 g/mol. The Labute approximate surface area is 110 Å². The number of para-hydroxylation sites is 2. The van der Waals surface area contributed by atoms with Gasteiger partial charge in [0.2, 0.25) is 11.8 Å². The van der Waals surface area contributed by atoms with Gasteiger partial charge in [0, 0.05) is 25.2 Å². The van der Waals surface area contributed by atoms with Gasteiger partial charge in [0.1, 0.15) is 5.52 Å². The molecule has 98 valence electrons. The van der Waals surface area contributed by atoms with Gasteiger partial charge in [-0.2, -0.15) is 0 Å². The van der Waals surface area contributed by atoms with Crippen LogP contribution in [-0.4, -0.2) is 42.1 Å². The van der Waals surface area contributed by atoms with Gasteiger partial charge in [0.15, 0.2) is 5.58 Å². The van der Waals surface area contributed by atoms with Gasteiger partial charge < -0.3 is 14.1 Å². The van der Waals surface area contributed by atoms with Gasteiger partial charge in [-0.3, -0.25) is 4.79 Å². The zero-order valence-electron chi connectivity index (χ0n) is 10.4. The molecule has 0 N–H and O–H groups in total. The van der Waals surface area contributed by atoms with Crippen molar-refractivity contribution in [2.24, 2.45) is 0 Å². The molecule has 0 spiro atoms. The lowest BCUT2D eigenvalue weighted by Gasteiger charge is -2.25. The summed E-state index contributed by atoms with van der Waals surface area (Å²) in [7, 11) is 0. The molecule has 0 radical (unpaired) electrons. The quantitative estimate of drug-likeness (QED) is 0.769. The van der Waals surface area contributed by atoms with Crippen LogP contribution in [0.2, 0.25) is 0 Å². The molecule has 5 heteroatoms. The number of aromatic nitrogens is 1. The minimum absolute atomic E-state index is 0.0365. The molecule has 1 fully saturated rings. The monoisotopic (exact) mass is 258 g/mol. The number of morpholine rings is 1. The van der Waals surface area contributed by atoms with Gasteiger partial charge in [-0.15, -0.1) is 0 Å². The number of hydrogen-bond acceptors (Lipinski definition) is 4. The highest BCUT2D eigenvalue weighted by Gasteiger charge is 2.14. The Kier molecular flexibility index (Phi) is 3.29. The van der Waals surface area contributed by atoms with Crippen molar-refractivity contribution < 1.29 is 13.9 Å². The number of fused-ring (bicyclic) bond motifs is 1. The van der Waals surface area contributed by atoms with Gasteiger partial charge in [-0.05, 0) is 12.1 Å². The van der Waals surface area contributed by atoms with Crippen molar-refractivity contribution in [3.8, 4) is 0 Å². The van der Waals surface area contributed by atoms with Crippen LogP contribution < -0.4 is 0 Å². The smallest absolute Gasteiger partial charge is 0.246 e. The third kappa shape index (κ3) is 2.66. The highest BCUT2D eigenvalue weighted by atomic mass is 16.5. The molecule has 5 nitrogen and oxygen atoms in total. The van der Waals surface area contributed by atoms with Crippen molar-refractivity contribution in [2.75, 3.05) is 26.3 Å². The van der Waals surface area contributed by atoms with Crippen LogP contribution in [0.3, 0.4) is 0 Å². The molecule has 0 unspecified atom stereocenters. The maximum atomic E-state index is 11.9. The van der Waals surface area contributed by atoms with E-state index in [1.54, 1.807) is 11.0 Å². The van der Waals surface area contributed by atoms with Crippen LogP contribution in [0.1, 0.15) is 5.89 Å². The number of ether oxygens (including phenoxy) is 1. The number of carbonyl (C=O) groups is 1. The molecule has 0 saturated carbocycles. The lowest BCUT2D eigenvalue weighted by molar-refractivity contribution is -0.129. The van der Waals surface area contributed by atoms with Crippen molar-refractivity contribution in [2.45, 2.75) is 0 Å². The van der Waals surface area contributed by atoms with Gasteiger partial charge in [-0.1, -0.05) is 12.1 Å². The fraction of sp³-hybridized carbons (Fsp3) is 0.286. The Bertz CT molecular complexity index is 579. The van der Waals surface area contributed by atoms with E-state index < -0.39 is 0 Å². The Balaban J connectivity index is 1.72. The lowest BCUT2D eigenvalue weighted by atomic mass is 10.3. The van der Waals surface area contributed by atoms with E-state index in [2.05, 4.69) is 4.98 Å². The van der Waals surface area contributed by atoms with Gasteiger partial charge in [-0.25, -0.2) is 4.98 Å². The summed E-state index contributed by atoms with van der Waals surface area (Å²) < 4.78 is 10.7. The molecule has 0 aliphatic carbocycles. The van der Waals surface area contributed by atoms with E-state index in [9.17, 15) is 4.79 Å². The Morgan fingerprint density at radius 2 is 2.05 bits per heavy atom. The summed E-state index contributed by atoms with van der Waals surface area (Å²) in [5.74, 6) is 0.411. The molecule has 1 aliphatic rings. The number of amides is 1. The van der Waals surface area contributed by atoms with E-state index in [0.717, 1.165) is 11.1 Å². The van der Waals surface area contributed by atoms with Crippen LogP contribution in [0.4, 0.5) is 0 Å². The minimum atomic E-state index is -0.0365. The van der Waals surface area contributed by atoms with Crippen molar-refractivity contribution in [3.05, 3.63) is 36.2 Å². The second-order valence-electron chi connectivity index (χ2n) is 4.29. The van der Waals surface area contributed by atoms with Crippen molar-refractivity contribution in [3.63, 3.8) is 0 Å². The molecule has 2 aromatic rings. The van der Waals surface area contributed by atoms with Crippen LogP contribution in [0.25, 0.3) is 17.2 Å². The molecule has 0 atom stereocenters. The van der Waals surface area contributed by atoms with Crippen LogP contribution in [0.15, 0.2) is 34.8 Å². The average Bonchev–Trinajstić information content (AvgIpc) is 2.88. The van der Waals surface area contributed by atoms with E-state index in [-0.39, 0.29) is 5.91 Å². The normalized spacial score (nSPS) is 16.3. The summed E-state index contributed by atoms with van der Waals surface area (Å²) in [5.41, 5.74) is 1.52. The molecule has 1 amide bonds. The first-order valence-corrected chi connectivity index (χ1v) is 6.23. The predicted molar refractivity (Wildman–Crippen MR) is 70.4 cm³/mol. The van der Waals surface area contributed by atoms with Crippen LogP contribution in [-0.2, 0) is 9.53 Å². The van der Waals surface area contributed by atoms with Gasteiger partial charge >= 0.3 is 0 Å². The second-order valence-corrected chi connectivity index (χ2v) is 4.29. The molecule has 1 aromatic heterocycles. The molecule has 1 aromatic carbocycles. The maximum absolute atomic E-state index is 11.9. The first-order valence-electron chi connectivity index (χ1n) is 6.23. The van der Waals surface area contributed by atoms with Crippen molar-refractivity contribution in [1.82, 2.24) is 9.88 Å². The van der Waals surface area contributed by atoms with Crippen molar-refractivity contribution >= 4 is 23.1 Å². The van der Waals surface area contributed by atoms with Crippen molar-refractivity contribution in [1.29, 1.82) is 0 Å². The summed E-state index contributed by atoms with van der Waals surface area (Å²) in [6.45, 7) is 2.47. The van der Waals surface area contributed by atoms with E-state index in [1.165, 1.54) is 6.08 Å². The minimum Gasteiger partial charge on any atom is -0.437 e. The van der Waals surface area contributed by atoms with E-state index in [1.807, 2.05) is 24.3 Å². The third-order valence-electron chi connectivity index (χ3n) is 3.00. The van der Waals surface area contributed by atoms with E-state index in [4.69, 9.17) is 9.15 Å². The van der Waals surface area contributed by atoms with Gasteiger partial charge in [0.25, 0.3) is 0 Å². The van der Waals surface area contributed by atoms with Gasteiger partial charge in [0.05, 0.1) is 13.2 Å². The molecule has 1 aliphatic heterocycles. The zero-order valence-corrected chi connectivity index (χ0v) is 10.4. The highest BCUT2D eigenvalue weighted by Crippen LogP contribution is 2.15. The zero-order chi connectivity index (χ0) is 13.1. The summed E-state index contributed by atoms with van der Waals surface area (Å²) in [5, 5.41) is 0. The van der Waals surface area contributed by atoms with Crippen LogP contribution in [0.5, 0.6) is 0 Å². The number of carbonyl (C=O) groups excluding carboxylic acids is 1. The number of oxazole rings is 1. The molecule has 0 bridgehead atoms. The number of hydrogen-bond donors (Lipinski definition) is 0. The Morgan fingerprint density at radius 3 is 2.84 bits per heavy atom. The summed E-state index contributed by atoms with van der Waals surface area (Å²) in [6.07, 6.45) is 3.10. The van der Waals surface area contributed by atoms with E-state index in [0.29, 0.717) is 32.2 Å². The summed E-state index contributed by atoms with van der Waals surface area (Å²) in [6, 6.07) is 7.51. The topological polar surface area (TPSA) is 55.6 Å². The molecule has 19 heavy (non-hydrogen) atoms. The highest BCUT2D eigenvalue weighted by molar-refractivity contribution is 5.91. The number of benzene rings is 1. The second kappa shape index (κ2) is 5.24.